The molecule has 52 heavy (non-hydrogen) atoms. The van der Waals surface area contributed by atoms with Crippen LogP contribution in [0.4, 0.5) is 0 Å². The standard InChI is InChI=1S/C32H38O20/c33-7-18-21(40)24(43)31(48-18)51-29-20(9-35)50-32(26(45)23(29)42)52-28-19(8-34)49-30(25(44)22(28)41)47-17-6-12-14(38)4-11(36)5-16(12)46-27(17)10-1-2-13(37)15(39)3-10/h1-6,18-26,28-35,40-45H,7-9H2,(H3-,36,37,38,39)/p+1/t18-,19-,20-,21+,22-,23-,24-,25-,26-,28+,29-,30?,31+,32?/m1/s1. The molecule has 2 aromatic carbocycles. The third kappa shape index (κ3) is 7.14. The van der Waals surface area contributed by atoms with Gasteiger partial charge in [-0.2, -0.15) is 0 Å². The number of hydrogen-bond donors (Lipinski definition) is 13. The summed E-state index contributed by atoms with van der Waals surface area (Å²) >= 11 is 0. The van der Waals surface area contributed by atoms with Crippen LogP contribution in [-0.2, 0) is 23.7 Å². The van der Waals surface area contributed by atoms with Crippen LogP contribution in [0.5, 0.6) is 28.7 Å². The van der Waals surface area contributed by atoms with E-state index in [2.05, 4.69) is 0 Å². The minimum absolute atomic E-state index is 0.0198. The highest BCUT2D eigenvalue weighted by Gasteiger charge is 2.54. The Bertz CT molecular complexity index is 1700. The molecule has 0 radical (unpaired) electrons. The minimum Gasteiger partial charge on any atom is -0.507 e. The Balaban J connectivity index is 1.21. The number of aromatic hydroxyl groups is 4. The number of rotatable bonds is 10. The molecule has 6 rings (SSSR count). The molecule has 4 heterocycles. The molecule has 0 saturated carbocycles. The fraction of sp³-hybridized carbons (Fsp3) is 0.531. The van der Waals surface area contributed by atoms with Gasteiger partial charge < -0.3 is 94.8 Å². The summed E-state index contributed by atoms with van der Waals surface area (Å²) in [5.41, 5.74) is 0.0714. The zero-order valence-electron chi connectivity index (χ0n) is 26.8. The van der Waals surface area contributed by atoms with Crippen LogP contribution in [0.3, 0.4) is 0 Å². The Labute approximate surface area is 292 Å². The van der Waals surface area contributed by atoms with E-state index in [1.165, 1.54) is 18.2 Å². The maximum Gasteiger partial charge on any atom is 0.402 e. The van der Waals surface area contributed by atoms with Crippen molar-refractivity contribution in [3.63, 3.8) is 0 Å². The minimum atomic E-state index is -1.97. The normalized spacial score (nSPS) is 36.6. The number of fused-ring (bicyclic) bond motifs is 1. The van der Waals surface area contributed by atoms with Gasteiger partial charge in [-0.1, -0.05) is 0 Å². The van der Waals surface area contributed by atoms with Gasteiger partial charge in [0.25, 0.3) is 0 Å². The average Bonchev–Trinajstić information content (AvgIpc) is 3.39. The second-order valence-corrected chi connectivity index (χ2v) is 12.5. The molecule has 0 aliphatic carbocycles. The lowest BCUT2D eigenvalue weighted by atomic mass is 9.96. The van der Waals surface area contributed by atoms with Crippen LogP contribution in [0.2, 0.25) is 0 Å². The van der Waals surface area contributed by atoms with Crippen molar-refractivity contribution in [3.05, 3.63) is 36.4 Å². The SMILES string of the molecule is OC[C@H]1O[C@@H](O[C@H]2[C@H](O)[C@@H](O)C(O[C@@H]3[C@H](O)[C@@H](O)C(Oc4cc5c(O)cc(O)cc5[o+]c4-c4ccc(O)c(O)c4)O[C@@H]3CO)O[C@@H]2CO)[C@H](O)[C@H]1O. The fourth-order valence-electron chi connectivity index (χ4n) is 6.20. The highest BCUT2D eigenvalue weighted by Crippen LogP contribution is 2.42. The van der Waals surface area contributed by atoms with Gasteiger partial charge >= 0.3 is 11.3 Å². The number of phenols is 4. The Morgan fingerprint density at radius 1 is 0.558 bits per heavy atom. The summed E-state index contributed by atoms with van der Waals surface area (Å²) in [7, 11) is 0. The molecule has 2 unspecified atom stereocenters. The van der Waals surface area contributed by atoms with Gasteiger partial charge in [-0.3, -0.25) is 0 Å². The van der Waals surface area contributed by atoms with Crippen molar-refractivity contribution < 1.29 is 99.2 Å². The largest absolute Gasteiger partial charge is 0.507 e. The van der Waals surface area contributed by atoms with E-state index in [1.807, 2.05) is 0 Å². The van der Waals surface area contributed by atoms with Crippen molar-refractivity contribution in [3.8, 4) is 40.1 Å². The Kier molecular flexibility index (Phi) is 11.2. The number of ether oxygens (including phenoxy) is 6. The van der Waals surface area contributed by atoms with Crippen LogP contribution >= 0.6 is 0 Å². The molecule has 0 amide bonds. The number of aliphatic hydroxyl groups excluding tert-OH is 9. The van der Waals surface area contributed by atoms with E-state index in [-0.39, 0.29) is 33.8 Å². The van der Waals surface area contributed by atoms with Crippen LogP contribution in [0.25, 0.3) is 22.3 Å². The highest BCUT2D eigenvalue weighted by molar-refractivity contribution is 5.88. The first-order valence-electron chi connectivity index (χ1n) is 16.0. The zero-order valence-corrected chi connectivity index (χ0v) is 26.8. The van der Waals surface area contributed by atoms with Crippen molar-refractivity contribution >= 4 is 11.0 Å². The van der Waals surface area contributed by atoms with Crippen molar-refractivity contribution in [2.75, 3.05) is 19.8 Å². The van der Waals surface area contributed by atoms with Gasteiger partial charge in [0.2, 0.25) is 12.0 Å². The molecule has 20 heteroatoms. The van der Waals surface area contributed by atoms with E-state index in [0.717, 1.165) is 18.2 Å². The molecule has 3 fully saturated rings. The monoisotopic (exact) mass is 743 g/mol. The first-order chi connectivity index (χ1) is 24.8. The summed E-state index contributed by atoms with van der Waals surface area (Å²) in [5.74, 6) is -2.19. The summed E-state index contributed by atoms with van der Waals surface area (Å²) in [6.45, 7) is -2.39. The summed E-state index contributed by atoms with van der Waals surface area (Å²) in [6, 6.07) is 7.03. The molecule has 3 aromatic rings. The quantitative estimate of drug-likeness (QED) is 0.0713. The first kappa shape index (κ1) is 38.0. The summed E-state index contributed by atoms with van der Waals surface area (Å²) < 4.78 is 39.5. The predicted molar refractivity (Wildman–Crippen MR) is 166 cm³/mol. The van der Waals surface area contributed by atoms with Crippen molar-refractivity contribution in [1.82, 2.24) is 0 Å². The van der Waals surface area contributed by atoms with Crippen LogP contribution < -0.4 is 4.74 Å². The van der Waals surface area contributed by atoms with E-state index in [0.29, 0.717) is 0 Å². The second kappa shape index (κ2) is 15.3. The topological polar surface area (TPSA) is 330 Å². The van der Waals surface area contributed by atoms with Crippen LogP contribution in [-0.4, -0.2) is 172 Å². The Hall–Kier alpha value is -3.71. The number of phenolic OH excluding ortho intramolecular Hbond substituents is 4. The summed E-state index contributed by atoms with van der Waals surface area (Å²) in [4.78, 5) is 0. The molecule has 13 N–H and O–H groups in total. The molecule has 286 valence electrons. The third-order valence-corrected chi connectivity index (χ3v) is 9.02. The van der Waals surface area contributed by atoms with Gasteiger partial charge in [-0.05, 0) is 12.1 Å². The molecule has 3 saturated heterocycles. The van der Waals surface area contributed by atoms with Crippen LogP contribution in [0.1, 0.15) is 0 Å². The van der Waals surface area contributed by atoms with Crippen LogP contribution in [0.15, 0.2) is 40.8 Å². The van der Waals surface area contributed by atoms with E-state index >= 15 is 0 Å². The molecule has 0 bridgehead atoms. The molecule has 14 atom stereocenters. The van der Waals surface area contributed by atoms with E-state index < -0.39 is 123 Å². The lowest BCUT2D eigenvalue weighted by molar-refractivity contribution is -0.363. The lowest BCUT2D eigenvalue weighted by Gasteiger charge is -2.46. The number of benzene rings is 2. The maximum absolute atomic E-state index is 11.2. The first-order valence-corrected chi connectivity index (χ1v) is 16.0. The molecule has 20 nitrogen and oxygen atoms in total. The molecule has 3 aliphatic heterocycles. The van der Waals surface area contributed by atoms with Crippen molar-refractivity contribution in [2.24, 2.45) is 0 Å². The van der Waals surface area contributed by atoms with Gasteiger partial charge in [0.15, 0.2) is 24.1 Å². The molecular weight excluding hydrogens is 704 g/mol. The lowest BCUT2D eigenvalue weighted by Crippen LogP contribution is -2.65. The predicted octanol–water partition coefficient (Wildman–Crippen LogP) is -3.33. The molecule has 1 aromatic heterocycles. The van der Waals surface area contributed by atoms with Gasteiger partial charge in [-0.15, -0.1) is 0 Å². The maximum atomic E-state index is 11.2. The fourth-order valence-corrected chi connectivity index (χ4v) is 6.20. The number of hydrogen-bond acceptors (Lipinski definition) is 19. The van der Waals surface area contributed by atoms with Crippen molar-refractivity contribution in [2.45, 2.75) is 86.0 Å². The van der Waals surface area contributed by atoms with E-state index in [9.17, 15) is 66.4 Å². The van der Waals surface area contributed by atoms with Crippen molar-refractivity contribution in [1.29, 1.82) is 0 Å². The molecular formula is C32H39O20+. The van der Waals surface area contributed by atoms with Gasteiger partial charge in [0.05, 0.1) is 31.5 Å². The van der Waals surface area contributed by atoms with Gasteiger partial charge in [0.1, 0.15) is 84.0 Å². The molecule has 0 spiro atoms. The van der Waals surface area contributed by atoms with E-state index in [1.54, 1.807) is 0 Å². The molecule has 3 aliphatic rings. The second-order valence-electron chi connectivity index (χ2n) is 12.5. The average molecular weight is 744 g/mol. The van der Waals surface area contributed by atoms with Crippen LogP contribution in [0, 0.1) is 0 Å². The Morgan fingerprint density at radius 2 is 1.10 bits per heavy atom. The third-order valence-electron chi connectivity index (χ3n) is 9.02. The number of aliphatic hydroxyl groups is 9. The summed E-state index contributed by atoms with van der Waals surface area (Å²) in [5, 5.41) is 134. The summed E-state index contributed by atoms with van der Waals surface area (Å²) in [6.07, 6.45) is -23.7. The smallest absolute Gasteiger partial charge is 0.402 e. The van der Waals surface area contributed by atoms with Gasteiger partial charge in [0, 0.05) is 18.2 Å². The highest BCUT2D eigenvalue weighted by atomic mass is 16.8. The zero-order chi connectivity index (χ0) is 37.6. The van der Waals surface area contributed by atoms with Gasteiger partial charge in [-0.25, -0.2) is 4.42 Å². The Morgan fingerprint density at radius 3 is 1.65 bits per heavy atom. The van der Waals surface area contributed by atoms with E-state index in [4.69, 9.17) is 32.8 Å².